The van der Waals surface area contributed by atoms with Gasteiger partial charge in [-0.1, -0.05) is 141 Å². The topological polar surface area (TPSA) is 35.5 Å². The predicted octanol–water partition coefficient (Wildman–Crippen LogP) is 17.7. The number of furan rings is 1. The molecule has 0 saturated heterocycles. The fraction of sp³-hybridized carbons (Fsp3) is 0.188. The first-order chi connectivity index (χ1) is 36.9. The van der Waals surface area contributed by atoms with Gasteiger partial charge in [-0.15, -0.1) is 11.3 Å². The van der Waals surface area contributed by atoms with Gasteiger partial charge in [-0.25, -0.2) is 4.39 Å². The fourth-order valence-electron chi connectivity index (χ4n) is 12.8. The molecular formula is C69H57BFN3O2S. The summed E-state index contributed by atoms with van der Waals surface area (Å²) < 4.78 is 39.6. The highest BCUT2D eigenvalue weighted by Gasteiger charge is 2.47. The third-order valence-electron chi connectivity index (χ3n) is 16.7. The molecule has 0 radical (unpaired) electrons. The Labute approximate surface area is 451 Å². The molecule has 4 aromatic heterocycles. The number of hydrogen-bond acceptors (Lipinski definition) is 4. The molecular weight excluding hydrogens is 965 g/mol. The van der Waals surface area contributed by atoms with Crippen molar-refractivity contribution >= 4 is 126 Å². The lowest BCUT2D eigenvalue weighted by Gasteiger charge is -2.40. The molecule has 6 heterocycles. The summed E-state index contributed by atoms with van der Waals surface area (Å²) in [5.41, 5.74) is 16.3. The zero-order valence-electron chi connectivity index (χ0n) is 45.1. The zero-order valence-corrected chi connectivity index (χ0v) is 45.9. The van der Waals surface area contributed by atoms with Gasteiger partial charge in [0.2, 0.25) is 0 Å². The van der Waals surface area contributed by atoms with E-state index in [0.717, 1.165) is 115 Å². The van der Waals surface area contributed by atoms with Crippen molar-refractivity contribution < 1.29 is 13.5 Å². The molecule has 2 aliphatic rings. The van der Waals surface area contributed by atoms with Crippen LogP contribution in [0.15, 0.2) is 168 Å². The summed E-state index contributed by atoms with van der Waals surface area (Å²) in [4.78, 5) is 2.15. The molecule has 2 aliphatic heterocycles. The van der Waals surface area contributed by atoms with Gasteiger partial charge in [-0.2, -0.15) is 0 Å². The van der Waals surface area contributed by atoms with Gasteiger partial charge in [0.15, 0.2) is 5.58 Å². The molecule has 0 atom stereocenters. The normalized spacial score (nSPS) is 13.7. The quantitative estimate of drug-likeness (QED) is 0.165. The van der Waals surface area contributed by atoms with Crippen LogP contribution >= 0.6 is 11.3 Å². The van der Waals surface area contributed by atoms with E-state index in [4.69, 9.17) is 9.15 Å². The van der Waals surface area contributed by atoms with Gasteiger partial charge >= 0.3 is 0 Å². The second-order valence-electron chi connectivity index (χ2n) is 24.8. The Balaban J connectivity index is 1.13. The number of fused-ring (bicyclic) bond motifs is 16. The third-order valence-corrected chi connectivity index (χ3v) is 17.9. The Morgan fingerprint density at radius 3 is 1.70 bits per heavy atom. The van der Waals surface area contributed by atoms with Crippen LogP contribution in [0.25, 0.3) is 87.0 Å². The van der Waals surface area contributed by atoms with Crippen molar-refractivity contribution in [3.05, 3.63) is 192 Å². The van der Waals surface area contributed by atoms with Gasteiger partial charge in [-0.05, 0) is 135 Å². The van der Waals surface area contributed by atoms with Crippen LogP contribution in [0.1, 0.15) is 84.6 Å². The van der Waals surface area contributed by atoms with E-state index < -0.39 is 0 Å². The predicted molar refractivity (Wildman–Crippen MR) is 324 cm³/mol. The summed E-state index contributed by atoms with van der Waals surface area (Å²) in [7, 11) is 0. The van der Waals surface area contributed by atoms with E-state index in [9.17, 15) is 0 Å². The lowest BCUT2D eigenvalue weighted by molar-refractivity contribution is 0.494. The number of hydrogen-bond donors (Lipinski definition) is 0. The van der Waals surface area contributed by atoms with Crippen molar-refractivity contribution in [1.29, 1.82) is 0 Å². The maximum Gasteiger partial charge on any atom is 0.269 e. The molecule has 5 nitrogen and oxygen atoms in total. The van der Waals surface area contributed by atoms with E-state index in [1.54, 1.807) is 17.4 Å². The Kier molecular flexibility index (Phi) is 9.47. The summed E-state index contributed by atoms with van der Waals surface area (Å²) in [5.74, 6) is 1.29. The minimum Gasteiger partial charge on any atom is -0.457 e. The minimum absolute atomic E-state index is 0.0655. The van der Waals surface area contributed by atoms with Crippen molar-refractivity contribution in [2.24, 2.45) is 0 Å². The summed E-state index contributed by atoms with van der Waals surface area (Å²) in [6.07, 6.45) is 0. The number of halogens is 1. The Morgan fingerprint density at radius 2 is 1.08 bits per heavy atom. The molecule has 77 heavy (non-hydrogen) atoms. The van der Waals surface area contributed by atoms with Crippen LogP contribution in [-0.4, -0.2) is 15.8 Å². The number of para-hydroxylation sites is 3. The number of anilines is 3. The first-order valence-corrected chi connectivity index (χ1v) is 27.8. The van der Waals surface area contributed by atoms with E-state index in [0.29, 0.717) is 11.3 Å². The molecule has 15 rings (SSSR count). The highest BCUT2D eigenvalue weighted by atomic mass is 32.1. The van der Waals surface area contributed by atoms with E-state index in [1.165, 1.54) is 27.5 Å². The average molecular weight is 1020 g/mol. The number of rotatable bonds is 3. The monoisotopic (exact) mass is 1020 g/mol. The van der Waals surface area contributed by atoms with Crippen LogP contribution in [0.2, 0.25) is 0 Å². The zero-order chi connectivity index (χ0) is 52.8. The Bertz CT molecular complexity index is 4600. The molecule has 0 bridgehead atoms. The number of benzene rings is 9. The van der Waals surface area contributed by atoms with Crippen LogP contribution in [-0.2, 0) is 16.2 Å². The molecule has 0 aliphatic carbocycles. The molecule has 0 fully saturated rings. The fourth-order valence-corrected chi connectivity index (χ4v) is 14.0. The average Bonchev–Trinajstić information content (AvgIpc) is 4.21. The summed E-state index contributed by atoms with van der Waals surface area (Å²) in [6, 6.07) is 59.1. The van der Waals surface area contributed by atoms with E-state index >= 15 is 4.39 Å². The Morgan fingerprint density at radius 1 is 0.506 bits per heavy atom. The van der Waals surface area contributed by atoms with Gasteiger partial charge in [0, 0.05) is 53.5 Å². The SMILES string of the molecule is Cc1ccc(N2c3cc(-n4c5ccccc5c5ccccc54)cc4c3B(c3cc(-n5c6ccc(C(C)(C)C)cc6c6cc(C(C)(C)C)ccc65)c5c(oc6ccccc65)c32)c2sc3ccc(C(C)(C)C)cc3c2O4)c(F)c1. The summed E-state index contributed by atoms with van der Waals surface area (Å²) in [5, 5.41) is 7.79. The van der Waals surface area contributed by atoms with Crippen molar-refractivity contribution in [2.75, 3.05) is 4.90 Å². The minimum atomic E-state index is -0.323. The van der Waals surface area contributed by atoms with E-state index in [-0.39, 0.29) is 28.8 Å². The molecule has 0 spiro atoms. The second kappa shape index (κ2) is 15.8. The van der Waals surface area contributed by atoms with Crippen LogP contribution in [0.4, 0.5) is 21.5 Å². The van der Waals surface area contributed by atoms with Crippen LogP contribution < -0.4 is 25.3 Å². The van der Waals surface area contributed by atoms with E-state index in [1.807, 2.05) is 25.1 Å². The van der Waals surface area contributed by atoms with Crippen molar-refractivity contribution in [3.8, 4) is 22.9 Å². The van der Waals surface area contributed by atoms with Gasteiger partial charge in [0.05, 0.1) is 50.2 Å². The molecule has 9 aromatic carbocycles. The van der Waals surface area contributed by atoms with Crippen molar-refractivity contribution in [3.63, 3.8) is 0 Å². The maximum atomic E-state index is 17.6. The van der Waals surface area contributed by atoms with Gasteiger partial charge < -0.3 is 23.2 Å². The highest BCUT2D eigenvalue weighted by molar-refractivity contribution is 7.33. The maximum absolute atomic E-state index is 17.6. The molecule has 0 amide bonds. The first kappa shape index (κ1) is 46.3. The van der Waals surface area contributed by atoms with Crippen LogP contribution in [0.5, 0.6) is 11.5 Å². The highest BCUT2D eigenvalue weighted by Crippen LogP contribution is 2.52. The number of ether oxygens (including phenoxy) is 1. The van der Waals surface area contributed by atoms with Gasteiger partial charge in [-0.3, -0.25) is 0 Å². The van der Waals surface area contributed by atoms with Gasteiger partial charge in [0.25, 0.3) is 6.71 Å². The van der Waals surface area contributed by atoms with Crippen molar-refractivity contribution in [2.45, 2.75) is 85.5 Å². The lowest BCUT2D eigenvalue weighted by atomic mass is 9.36. The number of aryl methyl sites for hydroxylation is 1. The largest absolute Gasteiger partial charge is 0.457 e. The lowest BCUT2D eigenvalue weighted by Crippen LogP contribution is -2.58. The molecule has 0 saturated carbocycles. The molecule has 0 N–H and O–H groups in total. The number of nitrogens with zero attached hydrogens (tertiary/aromatic N) is 3. The third kappa shape index (κ3) is 6.64. The number of thiophene rings is 1. The standard InChI is InChI=1S/C69H57BFN3O2S/c1-38-23-27-55(50(71)31-38)74-57-35-42(72-51-20-14-11-17-43(51)44-18-12-15-21-52(44)72)36-59-62(57)70(66-64(76-59)48-34-41(69(8,9)10)26-30-60(48)77-66)49-37-56(61-45-19-13-16-22-58(45)75-65(61)63(49)74)73-53-28-24-39(67(2,3)4)32-46(53)47-33-40(68(5,6)7)25-29-54(47)73/h11-37H,1-10H3. The summed E-state index contributed by atoms with van der Waals surface area (Å²) >= 11 is 1.80. The van der Waals surface area contributed by atoms with Gasteiger partial charge in [0.1, 0.15) is 22.9 Å². The molecule has 13 aromatic rings. The van der Waals surface area contributed by atoms with Crippen LogP contribution in [0, 0.1) is 12.7 Å². The smallest absolute Gasteiger partial charge is 0.269 e. The van der Waals surface area contributed by atoms with Crippen LogP contribution in [0.3, 0.4) is 0 Å². The Hall–Kier alpha value is -8.07. The molecule has 0 unspecified atom stereocenters. The molecule has 8 heteroatoms. The van der Waals surface area contributed by atoms with E-state index in [2.05, 4.69) is 216 Å². The number of aromatic nitrogens is 2. The summed E-state index contributed by atoms with van der Waals surface area (Å²) in [6.45, 7) is 22.2. The first-order valence-electron chi connectivity index (χ1n) is 27.0. The second-order valence-corrected chi connectivity index (χ2v) is 25.8. The molecule has 376 valence electrons. The van der Waals surface area contributed by atoms with Crippen molar-refractivity contribution in [1.82, 2.24) is 9.13 Å².